The van der Waals surface area contributed by atoms with Crippen LogP contribution in [0.4, 0.5) is 0 Å². The maximum absolute atomic E-state index is 11.7. The van der Waals surface area contributed by atoms with Crippen LogP contribution in [0.2, 0.25) is 0 Å². The Balaban J connectivity index is 0.00000441. The van der Waals surface area contributed by atoms with E-state index in [0.29, 0.717) is 12.5 Å². The Bertz CT molecular complexity index is 569. The molecule has 0 fully saturated rings. The number of likely N-dealkylation sites (N-methyl/N-ethyl adjacent to an activating group) is 1. The molecule has 8 heteroatoms. The Hall–Kier alpha value is -0.350. The van der Waals surface area contributed by atoms with Gasteiger partial charge >= 0.3 is 0 Å². The van der Waals surface area contributed by atoms with E-state index in [2.05, 4.69) is 21.8 Å². The number of hydrogen-bond donors (Lipinski definition) is 1. The van der Waals surface area contributed by atoms with E-state index in [1.165, 1.54) is 11.1 Å². The monoisotopic (exact) mass is 459 g/mol. The second-order valence-corrected chi connectivity index (χ2v) is 9.37. The van der Waals surface area contributed by atoms with Crippen molar-refractivity contribution in [1.82, 2.24) is 10.2 Å². The molecule has 0 atom stereocenters. The molecule has 0 unspecified atom stereocenters. The van der Waals surface area contributed by atoms with Crippen molar-refractivity contribution in [2.45, 2.75) is 25.0 Å². The molecule has 0 bridgehead atoms. The molecule has 0 amide bonds. The van der Waals surface area contributed by atoms with Gasteiger partial charge in [-0.05, 0) is 31.7 Å². The van der Waals surface area contributed by atoms with Gasteiger partial charge in [-0.3, -0.25) is 4.99 Å². The first-order valence-corrected chi connectivity index (χ1v) is 9.58. The summed E-state index contributed by atoms with van der Waals surface area (Å²) in [5.41, 5.74) is 0. The summed E-state index contributed by atoms with van der Waals surface area (Å²) in [6.07, 6.45) is 2.21. The van der Waals surface area contributed by atoms with Gasteiger partial charge in [-0.1, -0.05) is 6.07 Å². The second-order valence-electron chi connectivity index (χ2n) is 5.68. The van der Waals surface area contributed by atoms with E-state index in [-0.39, 0.29) is 24.0 Å². The molecular weight excluding hydrogens is 433 g/mol. The molecule has 1 rings (SSSR count). The lowest BCUT2D eigenvalue weighted by atomic mass is 10.2. The Kier molecular flexibility index (Phi) is 8.93. The molecule has 0 aliphatic heterocycles. The third-order valence-electron chi connectivity index (χ3n) is 3.52. The standard InChI is InChI=1S/C14H25N3O2S2.HI/c1-14(2,21(5,18)19)11-16-13(15-3)17(4)9-8-12-7-6-10-20-12;/h6-7,10H,8-9,11H2,1-5H3,(H,15,16);1H. The summed E-state index contributed by atoms with van der Waals surface area (Å²) < 4.78 is 22.6. The molecule has 5 nitrogen and oxygen atoms in total. The van der Waals surface area contributed by atoms with Crippen LogP contribution >= 0.6 is 35.3 Å². The Labute approximate surface area is 155 Å². The van der Waals surface area contributed by atoms with Gasteiger partial charge < -0.3 is 10.2 Å². The van der Waals surface area contributed by atoms with Gasteiger partial charge in [0.1, 0.15) is 0 Å². The number of hydrogen-bond acceptors (Lipinski definition) is 4. The van der Waals surface area contributed by atoms with E-state index in [1.807, 2.05) is 18.0 Å². The van der Waals surface area contributed by atoms with E-state index >= 15 is 0 Å². The van der Waals surface area contributed by atoms with Gasteiger partial charge in [0.15, 0.2) is 15.8 Å². The van der Waals surface area contributed by atoms with E-state index in [4.69, 9.17) is 0 Å². The van der Waals surface area contributed by atoms with Crippen LogP contribution in [0.1, 0.15) is 18.7 Å². The number of halogens is 1. The Morgan fingerprint density at radius 1 is 1.45 bits per heavy atom. The molecule has 128 valence electrons. The molecular formula is C14H26IN3O2S2. The van der Waals surface area contributed by atoms with Gasteiger partial charge in [-0.2, -0.15) is 0 Å². The first-order valence-electron chi connectivity index (χ1n) is 6.81. The molecule has 0 aliphatic rings. The van der Waals surface area contributed by atoms with Crippen molar-refractivity contribution in [2.75, 3.05) is 33.4 Å². The summed E-state index contributed by atoms with van der Waals surface area (Å²) in [5.74, 6) is 0.711. The molecule has 0 aromatic carbocycles. The first-order chi connectivity index (χ1) is 9.67. The summed E-state index contributed by atoms with van der Waals surface area (Å²) in [6.45, 7) is 4.60. The molecule has 0 spiro atoms. The Morgan fingerprint density at radius 2 is 2.09 bits per heavy atom. The molecule has 0 aliphatic carbocycles. The van der Waals surface area contributed by atoms with Crippen LogP contribution in [-0.2, 0) is 16.3 Å². The SMILES string of the molecule is CN=C(NCC(C)(C)S(C)(=O)=O)N(C)CCc1cccs1.I. The van der Waals surface area contributed by atoms with Crippen LogP contribution in [0.5, 0.6) is 0 Å². The maximum Gasteiger partial charge on any atom is 0.193 e. The number of nitrogens with zero attached hydrogens (tertiary/aromatic N) is 2. The van der Waals surface area contributed by atoms with Crippen molar-refractivity contribution >= 4 is 51.1 Å². The van der Waals surface area contributed by atoms with Crippen LogP contribution in [0.15, 0.2) is 22.5 Å². The number of aliphatic imine (C=N–C) groups is 1. The fraction of sp³-hybridized carbons (Fsp3) is 0.643. The van der Waals surface area contributed by atoms with E-state index < -0.39 is 14.6 Å². The van der Waals surface area contributed by atoms with Crippen LogP contribution in [-0.4, -0.2) is 57.5 Å². The lowest BCUT2D eigenvalue weighted by molar-refractivity contribution is 0.476. The minimum absolute atomic E-state index is 0. The smallest absolute Gasteiger partial charge is 0.193 e. The van der Waals surface area contributed by atoms with Gasteiger partial charge in [0.25, 0.3) is 0 Å². The maximum atomic E-state index is 11.7. The number of rotatable bonds is 6. The van der Waals surface area contributed by atoms with Crippen molar-refractivity contribution in [1.29, 1.82) is 0 Å². The zero-order valence-electron chi connectivity index (χ0n) is 13.8. The van der Waals surface area contributed by atoms with Crippen molar-refractivity contribution in [3.05, 3.63) is 22.4 Å². The van der Waals surface area contributed by atoms with Crippen molar-refractivity contribution < 1.29 is 8.42 Å². The second kappa shape index (κ2) is 9.07. The molecule has 1 aromatic rings. The summed E-state index contributed by atoms with van der Waals surface area (Å²) in [5, 5.41) is 5.21. The van der Waals surface area contributed by atoms with Gasteiger partial charge in [0.05, 0.1) is 4.75 Å². The minimum Gasteiger partial charge on any atom is -0.355 e. The van der Waals surface area contributed by atoms with Crippen molar-refractivity contribution in [2.24, 2.45) is 4.99 Å². The average molecular weight is 459 g/mol. The first kappa shape index (κ1) is 21.6. The highest BCUT2D eigenvalue weighted by molar-refractivity contribution is 14.0. The van der Waals surface area contributed by atoms with Crippen LogP contribution in [0.25, 0.3) is 0 Å². The van der Waals surface area contributed by atoms with Crippen LogP contribution in [0.3, 0.4) is 0 Å². The summed E-state index contributed by atoms with van der Waals surface area (Å²) in [4.78, 5) is 7.55. The van der Waals surface area contributed by atoms with E-state index in [9.17, 15) is 8.42 Å². The molecule has 1 heterocycles. The quantitative estimate of drug-likeness (QED) is 0.403. The third kappa shape index (κ3) is 6.41. The zero-order chi connectivity index (χ0) is 16.1. The van der Waals surface area contributed by atoms with Gasteiger partial charge in [0.2, 0.25) is 0 Å². The number of sulfone groups is 1. The highest BCUT2D eigenvalue weighted by Gasteiger charge is 2.30. The topological polar surface area (TPSA) is 61.8 Å². The number of nitrogens with one attached hydrogen (secondary N) is 1. The Morgan fingerprint density at radius 3 is 2.55 bits per heavy atom. The average Bonchev–Trinajstić information content (AvgIpc) is 2.88. The van der Waals surface area contributed by atoms with E-state index in [0.717, 1.165) is 13.0 Å². The summed E-state index contributed by atoms with van der Waals surface area (Å²) >= 11 is 1.74. The molecule has 0 saturated heterocycles. The van der Waals surface area contributed by atoms with Crippen LogP contribution in [0, 0.1) is 0 Å². The fourth-order valence-electron chi connectivity index (χ4n) is 1.65. The van der Waals surface area contributed by atoms with Gasteiger partial charge in [-0.15, -0.1) is 35.3 Å². The highest BCUT2D eigenvalue weighted by atomic mass is 127. The number of thiophene rings is 1. The molecule has 0 radical (unpaired) electrons. The lowest BCUT2D eigenvalue weighted by Gasteiger charge is -2.27. The number of guanidine groups is 1. The minimum atomic E-state index is -3.11. The fourth-order valence-corrected chi connectivity index (χ4v) is 2.68. The molecule has 0 saturated carbocycles. The van der Waals surface area contributed by atoms with Crippen molar-refractivity contribution in [3.63, 3.8) is 0 Å². The predicted octanol–water partition coefficient (Wildman–Crippen LogP) is 2.24. The summed E-state index contributed by atoms with van der Waals surface area (Å²) in [7, 11) is 0.546. The lowest BCUT2D eigenvalue weighted by Crippen LogP contribution is -2.48. The molecule has 1 aromatic heterocycles. The van der Waals surface area contributed by atoms with Gasteiger partial charge in [0, 0.05) is 38.3 Å². The third-order valence-corrected chi connectivity index (χ3v) is 6.61. The highest BCUT2D eigenvalue weighted by Crippen LogP contribution is 2.13. The van der Waals surface area contributed by atoms with Crippen LogP contribution < -0.4 is 5.32 Å². The molecule has 22 heavy (non-hydrogen) atoms. The predicted molar refractivity (Wildman–Crippen MR) is 106 cm³/mol. The largest absolute Gasteiger partial charge is 0.355 e. The van der Waals surface area contributed by atoms with Crippen molar-refractivity contribution in [3.8, 4) is 0 Å². The van der Waals surface area contributed by atoms with E-state index in [1.54, 1.807) is 32.2 Å². The molecule has 1 N–H and O–H groups in total. The zero-order valence-corrected chi connectivity index (χ0v) is 17.8. The van der Waals surface area contributed by atoms with Gasteiger partial charge in [-0.25, -0.2) is 8.42 Å². The normalized spacial score (nSPS) is 12.7. The summed E-state index contributed by atoms with van der Waals surface area (Å²) in [6, 6.07) is 4.16.